The highest BCUT2D eigenvalue weighted by atomic mass is 79.9. The molecule has 0 saturated heterocycles. The molecule has 0 radical (unpaired) electrons. The SMILES string of the molecule is COc1cc(-c2cc(N)on2)c(Br)c2ccoc12. The van der Waals surface area contributed by atoms with Crippen LogP contribution in [0.25, 0.3) is 22.2 Å². The number of anilines is 1. The molecule has 6 heteroatoms. The third-order valence-corrected chi connectivity index (χ3v) is 3.52. The number of nitrogens with two attached hydrogens (primary N) is 1. The Kier molecular flexibility index (Phi) is 2.52. The molecule has 3 rings (SSSR count). The lowest BCUT2D eigenvalue weighted by molar-refractivity contribution is 0.410. The number of nitrogens with zero attached hydrogens (tertiary/aromatic N) is 1. The number of hydrogen-bond acceptors (Lipinski definition) is 5. The summed E-state index contributed by atoms with van der Waals surface area (Å²) in [6, 6.07) is 5.34. The van der Waals surface area contributed by atoms with Crippen LogP contribution in [0.15, 0.2) is 37.9 Å². The van der Waals surface area contributed by atoms with Gasteiger partial charge >= 0.3 is 0 Å². The van der Waals surface area contributed by atoms with E-state index in [1.165, 1.54) is 0 Å². The highest BCUT2D eigenvalue weighted by Gasteiger charge is 2.16. The molecule has 0 fully saturated rings. The molecule has 3 aromatic rings. The Balaban J connectivity index is 2.32. The lowest BCUT2D eigenvalue weighted by atomic mass is 10.1. The zero-order chi connectivity index (χ0) is 12.7. The zero-order valence-corrected chi connectivity index (χ0v) is 11.0. The van der Waals surface area contributed by atoms with Gasteiger partial charge in [-0.1, -0.05) is 5.16 Å². The maximum absolute atomic E-state index is 5.53. The molecule has 2 heterocycles. The third kappa shape index (κ3) is 1.57. The topological polar surface area (TPSA) is 74.4 Å². The van der Waals surface area contributed by atoms with Gasteiger partial charge in [0.2, 0.25) is 5.88 Å². The van der Waals surface area contributed by atoms with Crippen molar-refractivity contribution in [2.75, 3.05) is 12.8 Å². The summed E-state index contributed by atoms with van der Waals surface area (Å²) in [7, 11) is 1.59. The standard InChI is InChI=1S/C12H9BrN2O3/c1-16-9-4-7(8-5-10(14)18-15-8)11(13)6-2-3-17-12(6)9/h2-5H,14H2,1H3. The fraction of sp³-hybridized carbons (Fsp3) is 0.0833. The van der Waals surface area contributed by atoms with Gasteiger partial charge < -0.3 is 19.4 Å². The first-order chi connectivity index (χ1) is 8.70. The zero-order valence-electron chi connectivity index (χ0n) is 9.44. The number of aromatic nitrogens is 1. The van der Waals surface area contributed by atoms with Crippen molar-refractivity contribution in [3.8, 4) is 17.0 Å². The van der Waals surface area contributed by atoms with Crippen molar-refractivity contribution in [1.82, 2.24) is 5.16 Å². The van der Waals surface area contributed by atoms with E-state index in [0.29, 0.717) is 17.0 Å². The van der Waals surface area contributed by atoms with Gasteiger partial charge in [-0.2, -0.15) is 0 Å². The van der Waals surface area contributed by atoms with Crippen LogP contribution in [-0.4, -0.2) is 12.3 Å². The molecule has 0 unspecified atom stereocenters. The summed E-state index contributed by atoms with van der Waals surface area (Å²) in [5, 5.41) is 4.81. The number of nitrogen functional groups attached to an aromatic ring is 1. The molecule has 0 bridgehead atoms. The molecule has 0 atom stereocenters. The Morgan fingerprint density at radius 3 is 2.89 bits per heavy atom. The Hall–Kier alpha value is -1.95. The number of furan rings is 1. The number of halogens is 1. The summed E-state index contributed by atoms with van der Waals surface area (Å²) < 4.78 is 16.4. The van der Waals surface area contributed by atoms with Crippen molar-refractivity contribution in [3.63, 3.8) is 0 Å². The van der Waals surface area contributed by atoms with Gasteiger partial charge in [-0.15, -0.1) is 0 Å². The molecular weight excluding hydrogens is 300 g/mol. The maximum Gasteiger partial charge on any atom is 0.222 e. The molecular formula is C12H9BrN2O3. The van der Waals surface area contributed by atoms with Gasteiger partial charge in [-0.05, 0) is 28.1 Å². The highest BCUT2D eigenvalue weighted by molar-refractivity contribution is 9.10. The van der Waals surface area contributed by atoms with Crippen molar-refractivity contribution in [1.29, 1.82) is 0 Å². The van der Waals surface area contributed by atoms with Gasteiger partial charge in [0, 0.05) is 21.5 Å². The Bertz CT molecular complexity index is 717. The number of rotatable bonds is 2. The average Bonchev–Trinajstić information content (AvgIpc) is 2.99. The first kappa shape index (κ1) is 11.2. The predicted molar refractivity (Wildman–Crippen MR) is 70.4 cm³/mol. The number of benzene rings is 1. The van der Waals surface area contributed by atoms with Crippen LogP contribution in [0.1, 0.15) is 0 Å². The number of methoxy groups -OCH3 is 1. The Morgan fingerprint density at radius 1 is 1.39 bits per heavy atom. The normalized spacial score (nSPS) is 11.0. The minimum Gasteiger partial charge on any atom is -0.493 e. The molecule has 0 saturated carbocycles. The quantitative estimate of drug-likeness (QED) is 0.785. The molecule has 0 spiro atoms. The van der Waals surface area contributed by atoms with Crippen LogP contribution in [-0.2, 0) is 0 Å². The van der Waals surface area contributed by atoms with Crippen LogP contribution in [0.2, 0.25) is 0 Å². The minimum absolute atomic E-state index is 0.267. The van der Waals surface area contributed by atoms with Gasteiger partial charge in [0.15, 0.2) is 11.3 Å². The first-order valence-corrected chi connectivity index (χ1v) is 5.96. The molecule has 2 N–H and O–H groups in total. The van der Waals surface area contributed by atoms with Crippen LogP contribution in [0.4, 0.5) is 5.88 Å². The molecule has 5 nitrogen and oxygen atoms in total. The Morgan fingerprint density at radius 2 is 2.22 bits per heavy atom. The second-order valence-corrected chi connectivity index (χ2v) is 4.51. The summed E-state index contributed by atoms with van der Waals surface area (Å²) in [6.45, 7) is 0. The lowest BCUT2D eigenvalue weighted by Gasteiger charge is -2.06. The number of ether oxygens (including phenoxy) is 1. The third-order valence-electron chi connectivity index (χ3n) is 2.66. The van der Waals surface area contributed by atoms with E-state index in [1.54, 1.807) is 19.4 Å². The summed E-state index contributed by atoms with van der Waals surface area (Å²) >= 11 is 3.53. The summed E-state index contributed by atoms with van der Waals surface area (Å²) in [5.41, 5.74) is 7.69. The first-order valence-electron chi connectivity index (χ1n) is 5.17. The maximum atomic E-state index is 5.53. The van der Waals surface area contributed by atoms with Crippen molar-refractivity contribution < 1.29 is 13.7 Å². The van der Waals surface area contributed by atoms with Crippen molar-refractivity contribution >= 4 is 32.8 Å². The van der Waals surface area contributed by atoms with Crippen LogP contribution in [0.3, 0.4) is 0 Å². The van der Waals surface area contributed by atoms with Crippen LogP contribution in [0, 0.1) is 0 Å². The second kappa shape index (κ2) is 4.06. The fourth-order valence-corrected chi connectivity index (χ4v) is 2.46. The van der Waals surface area contributed by atoms with Gasteiger partial charge in [0.25, 0.3) is 0 Å². The van der Waals surface area contributed by atoms with Gasteiger partial charge in [-0.3, -0.25) is 0 Å². The molecule has 2 aromatic heterocycles. The molecule has 18 heavy (non-hydrogen) atoms. The summed E-state index contributed by atoms with van der Waals surface area (Å²) in [5.74, 6) is 0.901. The Labute approximate surface area is 111 Å². The molecule has 1 aromatic carbocycles. The fourth-order valence-electron chi connectivity index (χ4n) is 1.83. The van der Waals surface area contributed by atoms with Crippen LogP contribution < -0.4 is 10.5 Å². The molecule has 0 amide bonds. The lowest BCUT2D eigenvalue weighted by Crippen LogP contribution is -1.87. The minimum atomic E-state index is 0.267. The smallest absolute Gasteiger partial charge is 0.222 e. The summed E-state index contributed by atoms with van der Waals surface area (Å²) in [6.07, 6.45) is 1.61. The molecule has 92 valence electrons. The van der Waals surface area contributed by atoms with E-state index in [2.05, 4.69) is 21.1 Å². The van der Waals surface area contributed by atoms with E-state index in [4.69, 9.17) is 19.4 Å². The van der Waals surface area contributed by atoms with Crippen LogP contribution in [0.5, 0.6) is 5.75 Å². The second-order valence-electron chi connectivity index (χ2n) is 3.72. The van der Waals surface area contributed by atoms with Gasteiger partial charge in [0.1, 0.15) is 5.69 Å². The monoisotopic (exact) mass is 308 g/mol. The van der Waals surface area contributed by atoms with E-state index in [1.807, 2.05) is 12.1 Å². The summed E-state index contributed by atoms with van der Waals surface area (Å²) in [4.78, 5) is 0. The van der Waals surface area contributed by atoms with E-state index >= 15 is 0 Å². The van der Waals surface area contributed by atoms with E-state index in [-0.39, 0.29) is 5.88 Å². The number of hydrogen-bond donors (Lipinski definition) is 1. The largest absolute Gasteiger partial charge is 0.493 e. The predicted octanol–water partition coefficient (Wildman–Crippen LogP) is 3.44. The van der Waals surface area contributed by atoms with Gasteiger partial charge in [0.05, 0.1) is 13.4 Å². The van der Waals surface area contributed by atoms with Crippen molar-refractivity contribution in [2.24, 2.45) is 0 Å². The van der Waals surface area contributed by atoms with Gasteiger partial charge in [-0.25, -0.2) is 0 Å². The van der Waals surface area contributed by atoms with E-state index < -0.39 is 0 Å². The van der Waals surface area contributed by atoms with Crippen LogP contribution >= 0.6 is 15.9 Å². The molecule has 0 aliphatic rings. The average molecular weight is 309 g/mol. The molecule has 0 aliphatic heterocycles. The van der Waals surface area contributed by atoms with E-state index in [9.17, 15) is 0 Å². The number of fused-ring (bicyclic) bond motifs is 1. The van der Waals surface area contributed by atoms with Crippen molar-refractivity contribution in [2.45, 2.75) is 0 Å². The van der Waals surface area contributed by atoms with Crippen molar-refractivity contribution in [3.05, 3.63) is 28.9 Å². The van der Waals surface area contributed by atoms with E-state index in [0.717, 1.165) is 15.4 Å². The molecule has 0 aliphatic carbocycles. The highest BCUT2D eigenvalue weighted by Crippen LogP contribution is 2.40.